The van der Waals surface area contributed by atoms with Crippen molar-refractivity contribution in [1.82, 2.24) is 15.1 Å². The minimum Gasteiger partial charge on any atom is -0.345 e. The van der Waals surface area contributed by atoms with Crippen molar-refractivity contribution >= 4 is 5.91 Å². The van der Waals surface area contributed by atoms with Crippen LogP contribution in [0.5, 0.6) is 0 Å². The number of hydrogen-bond acceptors (Lipinski definition) is 3. The van der Waals surface area contributed by atoms with E-state index < -0.39 is 0 Å². The molecule has 1 saturated carbocycles. The zero-order chi connectivity index (χ0) is 13.9. The number of amides is 1. The lowest BCUT2D eigenvalue weighted by Crippen LogP contribution is -2.54. The molecule has 19 heavy (non-hydrogen) atoms. The quantitative estimate of drug-likeness (QED) is 0.862. The predicted molar refractivity (Wildman–Crippen MR) is 74.9 cm³/mol. The fourth-order valence-electron chi connectivity index (χ4n) is 2.90. The topological polar surface area (TPSA) is 72.9 Å². The fraction of sp³-hybridized carbons (Fsp3) is 0.714. The summed E-state index contributed by atoms with van der Waals surface area (Å²) in [5.74, 6) is -0.0303. The molecule has 0 saturated heterocycles. The van der Waals surface area contributed by atoms with E-state index in [2.05, 4.69) is 10.4 Å². The molecular weight excluding hydrogens is 240 g/mol. The Hall–Kier alpha value is -1.36. The van der Waals surface area contributed by atoms with Crippen LogP contribution < -0.4 is 11.1 Å². The van der Waals surface area contributed by atoms with Crippen LogP contribution in [0.1, 0.15) is 55.1 Å². The summed E-state index contributed by atoms with van der Waals surface area (Å²) in [7, 11) is 1.84. The highest BCUT2D eigenvalue weighted by molar-refractivity contribution is 5.95. The molecule has 3 N–H and O–H groups in total. The third-order valence-corrected chi connectivity index (χ3v) is 4.06. The smallest absolute Gasteiger partial charge is 0.255 e. The Morgan fingerprint density at radius 3 is 2.74 bits per heavy atom. The van der Waals surface area contributed by atoms with Crippen LogP contribution in [0.15, 0.2) is 6.20 Å². The van der Waals surface area contributed by atoms with Gasteiger partial charge in [-0.25, -0.2) is 0 Å². The van der Waals surface area contributed by atoms with Crippen molar-refractivity contribution in [1.29, 1.82) is 0 Å². The van der Waals surface area contributed by atoms with Crippen LogP contribution in [0.4, 0.5) is 0 Å². The SMILES string of the molecule is CCc1nn(C)cc1C(=O)NC1(CN)CCCCC1. The molecule has 1 fully saturated rings. The molecule has 5 nitrogen and oxygen atoms in total. The van der Waals surface area contributed by atoms with Crippen molar-refractivity contribution in [3.05, 3.63) is 17.5 Å². The molecule has 0 unspecified atom stereocenters. The second-order valence-corrected chi connectivity index (χ2v) is 5.52. The maximum atomic E-state index is 12.5. The van der Waals surface area contributed by atoms with Crippen molar-refractivity contribution in [2.24, 2.45) is 12.8 Å². The summed E-state index contributed by atoms with van der Waals surface area (Å²) in [5.41, 5.74) is 7.23. The first-order valence-corrected chi connectivity index (χ1v) is 7.15. The highest BCUT2D eigenvalue weighted by Gasteiger charge is 2.33. The van der Waals surface area contributed by atoms with Gasteiger partial charge in [-0.05, 0) is 19.3 Å². The van der Waals surface area contributed by atoms with Crippen LogP contribution >= 0.6 is 0 Å². The molecule has 0 aliphatic heterocycles. The van der Waals surface area contributed by atoms with Gasteiger partial charge >= 0.3 is 0 Å². The summed E-state index contributed by atoms with van der Waals surface area (Å²) < 4.78 is 1.70. The summed E-state index contributed by atoms with van der Waals surface area (Å²) in [6, 6.07) is 0. The molecule has 0 radical (unpaired) electrons. The van der Waals surface area contributed by atoms with Gasteiger partial charge in [-0.3, -0.25) is 9.48 Å². The van der Waals surface area contributed by atoms with Gasteiger partial charge in [0.2, 0.25) is 0 Å². The molecule has 1 heterocycles. The van der Waals surface area contributed by atoms with Crippen molar-refractivity contribution in [2.75, 3.05) is 6.54 Å². The summed E-state index contributed by atoms with van der Waals surface area (Å²) in [5, 5.41) is 7.49. The molecule has 106 valence electrons. The Balaban J connectivity index is 2.14. The van der Waals surface area contributed by atoms with E-state index in [0.29, 0.717) is 12.1 Å². The monoisotopic (exact) mass is 264 g/mol. The van der Waals surface area contributed by atoms with Gasteiger partial charge in [0.1, 0.15) is 0 Å². The molecule has 0 atom stereocenters. The van der Waals surface area contributed by atoms with E-state index in [1.807, 2.05) is 14.0 Å². The second-order valence-electron chi connectivity index (χ2n) is 5.52. The van der Waals surface area contributed by atoms with Crippen molar-refractivity contribution in [2.45, 2.75) is 51.0 Å². The van der Waals surface area contributed by atoms with Gasteiger partial charge in [0.15, 0.2) is 0 Å². The summed E-state index contributed by atoms with van der Waals surface area (Å²) >= 11 is 0. The highest BCUT2D eigenvalue weighted by atomic mass is 16.1. The minimum absolute atomic E-state index is 0.0303. The lowest BCUT2D eigenvalue weighted by molar-refractivity contribution is 0.0873. The van der Waals surface area contributed by atoms with Crippen molar-refractivity contribution in [3.63, 3.8) is 0 Å². The number of rotatable bonds is 4. The van der Waals surface area contributed by atoms with E-state index in [9.17, 15) is 4.79 Å². The zero-order valence-corrected chi connectivity index (χ0v) is 11.9. The largest absolute Gasteiger partial charge is 0.345 e. The number of carbonyl (C=O) groups is 1. The molecule has 1 aromatic rings. The molecule has 2 rings (SSSR count). The number of carbonyl (C=O) groups excluding carboxylic acids is 1. The normalized spacial score (nSPS) is 18.3. The standard InChI is InChI=1S/C14H24N4O/c1-3-12-11(9-18(2)17-12)13(19)16-14(10-15)7-5-4-6-8-14/h9H,3-8,10,15H2,1-2H3,(H,16,19). The van der Waals surface area contributed by atoms with Gasteiger partial charge in [-0.2, -0.15) is 5.10 Å². The van der Waals surface area contributed by atoms with E-state index >= 15 is 0 Å². The average molecular weight is 264 g/mol. The van der Waals surface area contributed by atoms with E-state index in [-0.39, 0.29) is 11.4 Å². The molecule has 1 amide bonds. The van der Waals surface area contributed by atoms with E-state index in [4.69, 9.17) is 5.73 Å². The Morgan fingerprint density at radius 2 is 2.16 bits per heavy atom. The van der Waals surface area contributed by atoms with Crippen LogP contribution in [0.2, 0.25) is 0 Å². The summed E-state index contributed by atoms with van der Waals surface area (Å²) in [4.78, 5) is 12.5. The first-order chi connectivity index (χ1) is 9.10. The maximum Gasteiger partial charge on any atom is 0.255 e. The maximum absolute atomic E-state index is 12.5. The Labute approximate surface area is 114 Å². The van der Waals surface area contributed by atoms with Crippen LogP contribution in [0.25, 0.3) is 0 Å². The van der Waals surface area contributed by atoms with Gasteiger partial charge in [0.05, 0.1) is 16.8 Å². The average Bonchev–Trinajstić information content (AvgIpc) is 2.81. The number of aromatic nitrogens is 2. The molecule has 1 aliphatic carbocycles. The van der Waals surface area contributed by atoms with E-state index in [1.54, 1.807) is 10.9 Å². The zero-order valence-electron chi connectivity index (χ0n) is 11.9. The van der Waals surface area contributed by atoms with Crippen LogP contribution in [0.3, 0.4) is 0 Å². The number of nitrogens with one attached hydrogen (secondary N) is 1. The van der Waals surface area contributed by atoms with Gasteiger partial charge < -0.3 is 11.1 Å². The van der Waals surface area contributed by atoms with Crippen molar-refractivity contribution in [3.8, 4) is 0 Å². The lowest BCUT2D eigenvalue weighted by atomic mass is 9.81. The number of hydrogen-bond donors (Lipinski definition) is 2. The summed E-state index contributed by atoms with van der Waals surface area (Å²) in [6.07, 6.45) is 8.05. The molecule has 0 aromatic carbocycles. The van der Waals surface area contributed by atoms with Gasteiger partial charge in [-0.15, -0.1) is 0 Å². The first-order valence-electron chi connectivity index (χ1n) is 7.15. The molecule has 0 bridgehead atoms. The Kier molecular flexibility index (Phi) is 4.24. The van der Waals surface area contributed by atoms with E-state index in [0.717, 1.165) is 37.8 Å². The summed E-state index contributed by atoms with van der Waals surface area (Å²) in [6.45, 7) is 2.53. The van der Waals surface area contributed by atoms with Gasteiger partial charge in [-0.1, -0.05) is 26.2 Å². The van der Waals surface area contributed by atoms with Gasteiger partial charge in [0.25, 0.3) is 5.91 Å². The van der Waals surface area contributed by atoms with Crippen LogP contribution in [-0.4, -0.2) is 27.8 Å². The molecule has 1 aliphatic rings. The Morgan fingerprint density at radius 1 is 1.47 bits per heavy atom. The third-order valence-electron chi connectivity index (χ3n) is 4.06. The Bertz CT molecular complexity index is 446. The fourth-order valence-corrected chi connectivity index (χ4v) is 2.90. The number of aryl methyl sites for hydroxylation is 2. The molecule has 0 spiro atoms. The van der Waals surface area contributed by atoms with E-state index in [1.165, 1.54) is 6.42 Å². The first kappa shape index (κ1) is 14.1. The second kappa shape index (κ2) is 5.74. The molecule has 1 aromatic heterocycles. The molecule has 5 heteroatoms. The molecular formula is C14H24N4O. The minimum atomic E-state index is -0.212. The van der Waals surface area contributed by atoms with Crippen molar-refractivity contribution < 1.29 is 4.79 Å². The lowest BCUT2D eigenvalue weighted by Gasteiger charge is -2.37. The highest BCUT2D eigenvalue weighted by Crippen LogP contribution is 2.27. The third kappa shape index (κ3) is 2.97. The van der Waals surface area contributed by atoms with Crippen LogP contribution in [0, 0.1) is 0 Å². The number of nitrogens with two attached hydrogens (primary N) is 1. The predicted octanol–water partition coefficient (Wildman–Crippen LogP) is 1.37. The van der Waals surface area contributed by atoms with Crippen LogP contribution in [-0.2, 0) is 13.5 Å². The van der Waals surface area contributed by atoms with Gasteiger partial charge in [0, 0.05) is 19.8 Å². The number of nitrogens with zero attached hydrogens (tertiary/aromatic N) is 2.